The minimum absolute atomic E-state index is 0.0683. The van der Waals surface area contributed by atoms with E-state index in [9.17, 15) is 19.2 Å². The van der Waals surface area contributed by atoms with E-state index >= 15 is 0 Å². The number of hydrogen-bond acceptors (Lipinski definition) is 7. The number of rotatable bonds is 9. The van der Waals surface area contributed by atoms with Crippen LogP contribution in [0, 0.1) is 0 Å². The van der Waals surface area contributed by atoms with Gasteiger partial charge in [-0.15, -0.1) is 11.3 Å². The first kappa shape index (κ1) is 21.3. The fraction of sp³-hybridized carbons (Fsp3) is 0.300. The molecule has 28 heavy (non-hydrogen) atoms. The van der Waals surface area contributed by atoms with Gasteiger partial charge in [-0.1, -0.05) is 30.3 Å². The smallest absolute Gasteiger partial charge is 0.341 e. The van der Waals surface area contributed by atoms with Crippen molar-refractivity contribution < 1.29 is 28.7 Å². The molecule has 1 aromatic carbocycles. The molecule has 1 N–H and O–H groups in total. The van der Waals surface area contributed by atoms with E-state index in [2.05, 4.69) is 5.32 Å². The van der Waals surface area contributed by atoms with Gasteiger partial charge in [-0.2, -0.15) is 0 Å². The molecule has 0 spiro atoms. The fourth-order valence-corrected chi connectivity index (χ4v) is 3.32. The van der Waals surface area contributed by atoms with Crippen LogP contribution < -0.4 is 5.32 Å². The van der Waals surface area contributed by atoms with Gasteiger partial charge in [0, 0.05) is 17.4 Å². The Balaban J connectivity index is 2.11. The van der Waals surface area contributed by atoms with Gasteiger partial charge in [-0.25, -0.2) is 4.79 Å². The Morgan fingerprint density at radius 3 is 2.39 bits per heavy atom. The third-order valence-electron chi connectivity index (χ3n) is 3.65. The van der Waals surface area contributed by atoms with Gasteiger partial charge in [0.05, 0.1) is 13.0 Å². The molecular formula is C20H21NO6S. The number of nitrogens with one attached hydrogen (secondary N) is 1. The minimum Gasteiger partial charge on any atom is -0.462 e. The molecule has 1 amide bonds. The zero-order chi connectivity index (χ0) is 20.5. The van der Waals surface area contributed by atoms with Crippen LogP contribution >= 0.6 is 11.3 Å². The molecule has 0 saturated heterocycles. The Morgan fingerprint density at radius 2 is 1.75 bits per heavy atom. The lowest BCUT2D eigenvalue weighted by atomic mass is 10.0. The molecule has 0 fully saturated rings. The Kier molecular flexibility index (Phi) is 7.88. The molecule has 0 unspecified atom stereocenters. The van der Waals surface area contributed by atoms with Gasteiger partial charge in [0.15, 0.2) is 6.61 Å². The van der Waals surface area contributed by atoms with Crippen molar-refractivity contribution in [3.63, 3.8) is 0 Å². The normalized spacial score (nSPS) is 10.2. The topological polar surface area (TPSA) is 98.8 Å². The molecule has 0 aliphatic rings. The number of Topliss-reactive ketones (excluding diaryl/α,β-unsaturated/α-hetero) is 1. The SMILES string of the molecule is CCOC(=O)c1c(-c2ccccc2)csc1NC(=O)COC(=O)CCC(C)=O. The van der Waals surface area contributed by atoms with Crippen LogP contribution in [0.4, 0.5) is 5.00 Å². The van der Waals surface area contributed by atoms with Crippen LogP contribution in [0.1, 0.15) is 37.0 Å². The summed E-state index contributed by atoms with van der Waals surface area (Å²) in [5, 5.41) is 4.68. The number of thiophene rings is 1. The predicted octanol–water partition coefficient (Wildman–Crippen LogP) is 3.44. The van der Waals surface area contributed by atoms with Gasteiger partial charge in [0.25, 0.3) is 5.91 Å². The van der Waals surface area contributed by atoms with Gasteiger partial charge < -0.3 is 19.6 Å². The third-order valence-corrected chi connectivity index (χ3v) is 4.55. The van der Waals surface area contributed by atoms with Crippen molar-refractivity contribution in [3.8, 4) is 11.1 Å². The van der Waals surface area contributed by atoms with E-state index in [1.165, 1.54) is 18.3 Å². The molecular weight excluding hydrogens is 382 g/mol. The van der Waals surface area contributed by atoms with Gasteiger partial charge in [0.1, 0.15) is 16.3 Å². The molecule has 2 aromatic rings. The quantitative estimate of drug-likeness (QED) is 0.644. The monoisotopic (exact) mass is 403 g/mol. The van der Waals surface area contributed by atoms with Crippen molar-refractivity contribution in [2.45, 2.75) is 26.7 Å². The van der Waals surface area contributed by atoms with Crippen LogP contribution in [0.25, 0.3) is 11.1 Å². The first-order chi connectivity index (χ1) is 13.4. The van der Waals surface area contributed by atoms with Crippen LogP contribution in [-0.2, 0) is 23.9 Å². The summed E-state index contributed by atoms with van der Waals surface area (Å²) in [7, 11) is 0. The largest absolute Gasteiger partial charge is 0.462 e. The van der Waals surface area contributed by atoms with E-state index in [1.54, 1.807) is 12.3 Å². The highest BCUT2D eigenvalue weighted by atomic mass is 32.1. The van der Waals surface area contributed by atoms with Gasteiger partial charge >= 0.3 is 11.9 Å². The summed E-state index contributed by atoms with van der Waals surface area (Å²) in [5.41, 5.74) is 1.73. The van der Waals surface area contributed by atoms with Gasteiger partial charge in [-0.05, 0) is 19.4 Å². The number of ether oxygens (including phenoxy) is 2. The van der Waals surface area contributed by atoms with E-state index in [1.807, 2.05) is 30.3 Å². The average Bonchev–Trinajstić information content (AvgIpc) is 3.09. The Bertz CT molecular complexity index is 859. The summed E-state index contributed by atoms with van der Waals surface area (Å²) in [6.45, 7) is 2.77. The number of benzene rings is 1. The number of hydrogen-bond donors (Lipinski definition) is 1. The second-order valence-corrected chi connectivity index (χ2v) is 6.73. The van der Waals surface area contributed by atoms with Crippen LogP contribution in [0.3, 0.4) is 0 Å². The molecule has 0 atom stereocenters. The number of anilines is 1. The van der Waals surface area contributed by atoms with Crippen molar-refractivity contribution in [1.82, 2.24) is 0 Å². The van der Waals surface area contributed by atoms with Crippen molar-refractivity contribution in [1.29, 1.82) is 0 Å². The molecule has 1 heterocycles. The predicted molar refractivity (Wildman–Crippen MR) is 105 cm³/mol. The van der Waals surface area contributed by atoms with Crippen LogP contribution in [0.5, 0.6) is 0 Å². The molecule has 0 aliphatic carbocycles. The second-order valence-electron chi connectivity index (χ2n) is 5.85. The molecule has 8 heteroatoms. The summed E-state index contributed by atoms with van der Waals surface area (Å²) in [6, 6.07) is 9.27. The van der Waals surface area contributed by atoms with Crippen molar-refractivity contribution in [2.24, 2.45) is 0 Å². The van der Waals surface area contributed by atoms with E-state index < -0.39 is 24.5 Å². The maximum Gasteiger partial charge on any atom is 0.341 e. The molecule has 1 aromatic heterocycles. The standard InChI is InChI=1S/C20H21NO6S/c1-3-26-20(25)18-15(14-7-5-4-6-8-14)12-28-19(18)21-16(23)11-27-17(24)10-9-13(2)22/h4-8,12H,3,9-11H2,1-2H3,(H,21,23). The lowest BCUT2D eigenvalue weighted by molar-refractivity contribution is -0.148. The molecule has 0 bridgehead atoms. The number of carbonyl (C=O) groups excluding carboxylic acids is 4. The van der Waals surface area contributed by atoms with Crippen LogP contribution in [-0.4, -0.2) is 36.8 Å². The zero-order valence-corrected chi connectivity index (χ0v) is 16.5. The minimum atomic E-state index is -0.632. The van der Waals surface area contributed by atoms with E-state index in [4.69, 9.17) is 9.47 Å². The zero-order valence-electron chi connectivity index (χ0n) is 15.7. The highest BCUT2D eigenvalue weighted by Gasteiger charge is 2.23. The van der Waals surface area contributed by atoms with E-state index in [-0.39, 0.29) is 30.8 Å². The molecule has 0 aliphatic heterocycles. The van der Waals surface area contributed by atoms with Crippen molar-refractivity contribution in [2.75, 3.05) is 18.5 Å². The van der Waals surface area contributed by atoms with Crippen LogP contribution in [0.15, 0.2) is 35.7 Å². The molecule has 7 nitrogen and oxygen atoms in total. The van der Waals surface area contributed by atoms with Gasteiger partial charge in [0.2, 0.25) is 0 Å². The van der Waals surface area contributed by atoms with Gasteiger partial charge in [-0.3, -0.25) is 9.59 Å². The summed E-state index contributed by atoms with van der Waals surface area (Å²) >= 11 is 1.18. The highest BCUT2D eigenvalue weighted by Crippen LogP contribution is 2.36. The van der Waals surface area contributed by atoms with E-state index in [0.717, 1.165) is 5.56 Å². The Hall–Kier alpha value is -3.00. The van der Waals surface area contributed by atoms with Crippen molar-refractivity contribution in [3.05, 3.63) is 41.3 Å². The number of amides is 1. The summed E-state index contributed by atoms with van der Waals surface area (Å²) in [4.78, 5) is 47.0. The first-order valence-corrected chi connectivity index (χ1v) is 9.59. The number of esters is 2. The third kappa shape index (κ3) is 6.02. The summed E-state index contributed by atoms with van der Waals surface area (Å²) in [5.74, 6) is -1.89. The second kappa shape index (κ2) is 10.4. The molecule has 148 valence electrons. The molecule has 0 saturated carbocycles. The Labute approximate surface area is 166 Å². The Morgan fingerprint density at radius 1 is 1.04 bits per heavy atom. The van der Waals surface area contributed by atoms with Crippen molar-refractivity contribution >= 4 is 40.0 Å². The first-order valence-electron chi connectivity index (χ1n) is 8.71. The van der Waals surface area contributed by atoms with Crippen LogP contribution in [0.2, 0.25) is 0 Å². The average molecular weight is 403 g/mol. The molecule has 2 rings (SSSR count). The maximum absolute atomic E-state index is 12.4. The number of ketones is 1. The summed E-state index contributed by atoms with van der Waals surface area (Å²) < 4.78 is 9.97. The lowest BCUT2D eigenvalue weighted by Crippen LogP contribution is -2.21. The summed E-state index contributed by atoms with van der Waals surface area (Å²) in [6.07, 6.45) is -0.00728. The maximum atomic E-state index is 12.4. The molecule has 0 radical (unpaired) electrons. The highest BCUT2D eigenvalue weighted by molar-refractivity contribution is 7.15. The fourth-order valence-electron chi connectivity index (χ4n) is 2.35. The van der Waals surface area contributed by atoms with E-state index in [0.29, 0.717) is 10.6 Å². The lowest BCUT2D eigenvalue weighted by Gasteiger charge is -2.09. The number of carbonyl (C=O) groups is 4.